The molecular formula is C16H19NO3. The molecule has 0 aliphatic carbocycles. The summed E-state index contributed by atoms with van der Waals surface area (Å²) in [4.78, 5) is 0. The van der Waals surface area contributed by atoms with Crippen molar-refractivity contribution in [3.63, 3.8) is 0 Å². The van der Waals surface area contributed by atoms with Crippen LogP contribution >= 0.6 is 0 Å². The molecule has 0 aliphatic rings. The van der Waals surface area contributed by atoms with Gasteiger partial charge in [0, 0.05) is 5.69 Å². The van der Waals surface area contributed by atoms with Crippen LogP contribution in [-0.2, 0) is 0 Å². The molecule has 106 valence electrons. The van der Waals surface area contributed by atoms with Crippen molar-refractivity contribution in [2.45, 2.75) is 19.9 Å². The summed E-state index contributed by atoms with van der Waals surface area (Å²) in [6, 6.07) is 10.3. The minimum atomic E-state index is -0.219. The van der Waals surface area contributed by atoms with Gasteiger partial charge in [-0.05, 0) is 49.7 Å². The average Bonchev–Trinajstić information content (AvgIpc) is 2.38. The first-order valence-electron chi connectivity index (χ1n) is 6.45. The fourth-order valence-electron chi connectivity index (χ4n) is 2.28. The third kappa shape index (κ3) is 2.79. The maximum atomic E-state index is 9.86. The van der Waals surface area contributed by atoms with Gasteiger partial charge in [-0.25, -0.2) is 0 Å². The largest absolute Gasteiger partial charge is 0.507 e. The predicted molar refractivity (Wildman–Crippen MR) is 79.5 cm³/mol. The van der Waals surface area contributed by atoms with Crippen molar-refractivity contribution < 1.29 is 14.9 Å². The fourth-order valence-corrected chi connectivity index (χ4v) is 2.28. The maximum absolute atomic E-state index is 9.86. The average molecular weight is 273 g/mol. The number of phenols is 2. The Balaban J connectivity index is 2.23. The second kappa shape index (κ2) is 5.74. The molecule has 1 unspecified atom stereocenters. The highest BCUT2D eigenvalue weighted by atomic mass is 16.5. The van der Waals surface area contributed by atoms with Crippen LogP contribution in [0.25, 0.3) is 0 Å². The molecule has 0 radical (unpaired) electrons. The van der Waals surface area contributed by atoms with Crippen molar-refractivity contribution in [1.82, 2.24) is 0 Å². The lowest BCUT2D eigenvalue weighted by Crippen LogP contribution is -2.07. The first-order valence-corrected chi connectivity index (χ1v) is 6.45. The molecule has 0 saturated heterocycles. The summed E-state index contributed by atoms with van der Waals surface area (Å²) in [7, 11) is 1.64. The minimum Gasteiger partial charge on any atom is -0.507 e. The zero-order valence-electron chi connectivity index (χ0n) is 11.8. The number of aryl methyl sites for hydroxylation is 1. The lowest BCUT2D eigenvalue weighted by molar-refractivity contribution is 0.411. The SMILES string of the molecule is COc1ccc(NC(C)c2c(O)cccc2O)cc1C. The molecular weight excluding hydrogens is 254 g/mol. The molecule has 20 heavy (non-hydrogen) atoms. The number of nitrogens with one attached hydrogen (secondary N) is 1. The van der Waals surface area contributed by atoms with E-state index in [0.717, 1.165) is 17.0 Å². The summed E-state index contributed by atoms with van der Waals surface area (Å²) in [5, 5.41) is 23.0. The maximum Gasteiger partial charge on any atom is 0.124 e. The number of hydrogen-bond donors (Lipinski definition) is 3. The molecule has 0 aromatic heterocycles. The molecule has 0 amide bonds. The van der Waals surface area contributed by atoms with Crippen molar-refractivity contribution in [2.24, 2.45) is 0 Å². The van der Waals surface area contributed by atoms with E-state index in [4.69, 9.17) is 4.74 Å². The van der Waals surface area contributed by atoms with Crippen molar-refractivity contribution in [3.05, 3.63) is 47.5 Å². The summed E-state index contributed by atoms with van der Waals surface area (Å²) >= 11 is 0. The van der Waals surface area contributed by atoms with Gasteiger partial charge in [0.1, 0.15) is 17.2 Å². The second-order valence-electron chi connectivity index (χ2n) is 4.76. The van der Waals surface area contributed by atoms with Crippen LogP contribution < -0.4 is 10.1 Å². The van der Waals surface area contributed by atoms with E-state index in [1.807, 2.05) is 32.0 Å². The van der Waals surface area contributed by atoms with E-state index in [0.29, 0.717) is 5.56 Å². The Hall–Kier alpha value is -2.36. The normalized spacial score (nSPS) is 11.9. The zero-order chi connectivity index (χ0) is 14.7. The van der Waals surface area contributed by atoms with Gasteiger partial charge in [0.25, 0.3) is 0 Å². The molecule has 2 rings (SSSR count). The summed E-state index contributed by atoms with van der Waals surface area (Å²) in [5.74, 6) is 0.985. The molecule has 3 N–H and O–H groups in total. The smallest absolute Gasteiger partial charge is 0.124 e. The van der Waals surface area contributed by atoms with Crippen LogP contribution in [0.4, 0.5) is 5.69 Å². The van der Waals surface area contributed by atoms with Crippen LogP contribution in [0.5, 0.6) is 17.2 Å². The van der Waals surface area contributed by atoms with Gasteiger partial charge < -0.3 is 20.3 Å². The molecule has 0 aliphatic heterocycles. The van der Waals surface area contributed by atoms with E-state index in [9.17, 15) is 10.2 Å². The summed E-state index contributed by atoms with van der Waals surface area (Å²) in [5.41, 5.74) is 2.41. The monoisotopic (exact) mass is 273 g/mol. The van der Waals surface area contributed by atoms with E-state index in [2.05, 4.69) is 5.32 Å². The van der Waals surface area contributed by atoms with Crippen LogP contribution in [0.2, 0.25) is 0 Å². The van der Waals surface area contributed by atoms with Crippen LogP contribution in [0.3, 0.4) is 0 Å². The highest BCUT2D eigenvalue weighted by Crippen LogP contribution is 2.34. The van der Waals surface area contributed by atoms with E-state index < -0.39 is 0 Å². The Morgan fingerprint density at radius 3 is 2.30 bits per heavy atom. The van der Waals surface area contributed by atoms with Gasteiger partial charge in [-0.2, -0.15) is 0 Å². The van der Waals surface area contributed by atoms with Crippen LogP contribution in [-0.4, -0.2) is 17.3 Å². The van der Waals surface area contributed by atoms with Crippen molar-refractivity contribution in [1.29, 1.82) is 0 Å². The minimum absolute atomic E-state index is 0.0789. The number of hydrogen-bond acceptors (Lipinski definition) is 4. The molecule has 4 heteroatoms. The predicted octanol–water partition coefficient (Wildman–Crippen LogP) is 3.59. The number of phenolic OH excluding ortho intramolecular Hbond substituents is 2. The molecule has 1 atom stereocenters. The molecule has 4 nitrogen and oxygen atoms in total. The summed E-state index contributed by atoms with van der Waals surface area (Å²) in [6.07, 6.45) is 0. The van der Waals surface area contributed by atoms with Gasteiger partial charge in [-0.3, -0.25) is 0 Å². The second-order valence-corrected chi connectivity index (χ2v) is 4.76. The molecule has 2 aromatic rings. The third-order valence-electron chi connectivity index (χ3n) is 3.27. The lowest BCUT2D eigenvalue weighted by atomic mass is 10.1. The molecule has 0 spiro atoms. The third-order valence-corrected chi connectivity index (χ3v) is 3.27. The molecule has 0 heterocycles. The van der Waals surface area contributed by atoms with E-state index in [1.165, 1.54) is 0 Å². The lowest BCUT2D eigenvalue weighted by Gasteiger charge is -2.18. The highest BCUT2D eigenvalue weighted by Gasteiger charge is 2.15. The number of ether oxygens (including phenoxy) is 1. The van der Waals surface area contributed by atoms with E-state index in [-0.39, 0.29) is 17.5 Å². The standard InChI is InChI=1S/C16H19NO3/c1-10-9-12(7-8-15(10)20-3)17-11(2)16-13(18)5-4-6-14(16)19/h4-9,11,17-19H,1-3H3. The van der Waals surface area contributed by atoms with E-state index >= 15 is 0 Å². The Morgan fingerprint density at radius 1 is 1.10 bits per heavy atom. The Bertz CT molecular complexity index is 590. The van der Waals surface area contributed by atoms with Crippen molar-refractivity contribution >= 4 is 5.69 Å². The number of anilines is 1. The Labute approximate surface area is 118 Å². The highest BCUT2D eigenvalue weighted by molar-refractivity contribution is 5.54. The van der Waals surface area contributed by atoms with Gasteiger partial charge >= 0.3 is 0 Å². The Morgan fingerprint density at radius 2 is 1.75 bits per heavy atom. The van der Waals surface area contributed by atoms with Gasteiger partial charge in [0.2, 0.25) is 0 Å². The molecule has 2 aromatic carbocycles. The van der Waals surface area contributed by atoms with Crippen molar-refractivity contribution in [2.75, 3.05) is 12.4 Å². The number of methoxy groups -OCH3 is 1. The van der Waals surface area contributed by atoms with Gasteiger partial charge in [0.05, 0.1) is 18.7 Å². The van der Waals surface area contributed by atoms with Crippen LogP contribution in [0.1, 0.15) is 24.1 Å². The van der Waals surface area contributed by atoms with Gasteiger partial charge in [-0.1, -0.05) is 6.07 Å². The van der Waals surface area contributed by atoms with Gasteiger partial charge in [-0.15, -0.1) is 0 Å². The van der Waals surface area contributed by atoms with E-state index in [1.54, 1.807) is 25.3 Å². The number of benzene rings is 2. The quantitative estimate of drug-likeness (QED) is 0.796. The van der Waals surface area contributed by atoms with Crippen molar-refractivity contribution in [3.8, 4) is 17.2 Å². The molecule has 0 fully saturated rings. The first kappa shape index (κ1) is 14.1. The van der Waals surface area contributed by atoms with Crippen LogP contribution in [0.15, 0.2) is 36.4 Å². The summed E-state index contributed by atoms with van der Waals surface area (Å²) < 4.78 is 5.22. The number of rotatable bonds is 4. The number of aromatic hydroxyl groups is 2. The zero-order valence-corrected chi connectivity index (χ0v) is 11.8. The Kier molecular flexibility index (Phi) is 4.03. The fraction of sp³-hybridized carbons (Fsp3) is 0.250. The first-order chi connectivity index (χ1) is 9.52. The molecule has 0 saturated carbocycles. The van der Waals surface area contributed by atoms with Gasteiger partial charge in [0.15, 0.2) is 0 Å². The topological polar surface area (TPSA) is 61.7 Å². The summed E-state index contributed by atoms with van der Waals surface area (Å²) in [6.45, 7) is 3.85. The molecule has 0 bridgehead atoms. The van der Waals surface area contributed by atoms with Crippen LogP contribution in [0, 0.1) is 6.92 Å².